The standard InChI is InChI=1S/C14H16N2O2/c17-14(18)16-9-11-3-4-13(16)12(7-11)6-10-2-1-5-15-8-10/h1-5,8,11-13H,6-7,9H2,(H,17,18). The van der Waals surface area contributed by atoms with Gasteiger partial charge in [-0.3, -0.25) is 4.98 Å². The van der Waals surface area contributed by atoms with Gasteiger partial charge in [-0.05, 0) is 36.3 Å². The largest absolute Gasteiger partial charge is 0.465 e. The van der Waals surface area contributed by atoms with Crippen molar-refractivity contribution in [3.05, 3.63) is 42.2 Å². The van der Waals surface area contributed by atoms with Crippen LogP contribution < -0.4 is 0 Å². The molecule has 1 aromatic rings. The zero-order chi connectivity index (χ0) is 12.5. The van der Waals surface area contributed by atoms with Crippen LogP contribution in [0.4, 0.5) is 4.79 Å². The molecule has 3 aliphatic rings. The third-order valence-corrected chi connectivity index (χ3v) is 3.93. The number of hydrogen-bond acceptors (Lipinski definition) is 2. The molecule has 2 aliphatic heterocycles. The summed E-state index contributed by atoms with van der Waals surface area (Å²) in [4.78, 5) is 16.9. The molecule has 4 rings (SSSR count). The molecule has 0 radical (unpaired) electrons. The van der Waals surface area contributed by atoms with E-state index in [-0.39, 0.29) is 6.04 Å². The summed E-state index contributed by atoms with van der Waals surface area (Å²) in [6.07, 6.45) is 9.06. The average Bonchev–Trinajstić information content (AvgIpc) is 2.40. The Labute approximate surface area is 106 Å². The summed E-state index contributed by atoms with van der Waals surface area (Å²) in [6, 6.07) is 4.03. The molecule has 0 saturated carbocycles. The van der Waals surface area contributed by atoms with Crippen LogP contribution in [-0.4, -0.2) is 33.7 Å². The van der Waals surface area contributed by atoms with Crippen molar-refractivity contribution in [2.24, 2.45) is 11.8 Å². The van der Waals surface area contributed by atoms with E-state index in [1.807, 2.05) is 12.3 Å². The molecule has 1 saturated heterocycles. The highest BCUT2D eigenvalue weighted by molar-refractivity contribution is 5.66. The molecule has 1 N–H and O–H groups in total. The molecule has 0 spiro atoms. The number of fused-ring (bicyclic) bond motifs is 2. The highest BCUT2D eigenvalue weighted by Gasteiger charge is 2.39. The van der Waals surface area contributed by atoms with Crippen LogP contribution in [0.15, 0.2) is 36.7 Å². The van der Waals surface area contributed by atoms with E-state index < -0.39 is 6.09 Å². The first-order chi connectivity index (χ1) is 8.74. The molecule has 1 aliphatic carbocycles. The summed E-state index contributed by atoms with van der Waals surface area (Å²) >= 11 is 0. The lowest BCUT2D eigenvalue weighted by molar-refractivity contribution is 0.0728. The fourth-order valence-corrected chi connectivity index (χ4v) is 3.13. The number of piperidine rings is 1. The number of pyridine rings is 1. The molecular formula is C14H16N2O2. The smallest absolute Gasteiger partial charge is 0.407 e. The Morgan fingerprint density at radius 1 is 1.50 bits per heavy atom. The fraction of sp³-hybridized carbons (Fsp3) is 0.429. The maximum Gasteiger partial charge on any atom is 0.407 e. The first kappa shape index (κ1) is 11.3. The topological polar surface area (TPSA) is 53.4 Å². The molecule has 18 heavy (non-hydrogen) atoms. The van der Waals surface area contributed by atoms with E-state index in [0.717, 1.165) is 12.8 Å². The molecule has 0 aromatic carbocycles. The lowest BCUT2D eigenvalue weighted by atomic mass is 9.75. The summed E-state index contributed by atoms with van der Waals surface area (Å²) in [6.45, 7) is 0.653. The van der Waals surface area contributed by atoms with Crippen molar-refractivity contribution in [2.75, 3.05) is 6.54 Å². The van der Waals surface area contributed by atoms with Crippen LogP contribution in [0.1, 0.15) is 12.0 Å². The third-order valence-electron chi connectivity index (χ3n) is 3.93. The highest BCUT2D eigenvalue weighted by atomic mass is 16.4. The molecule has 3 unspecified atom stereocenters. The third kappa shape index (κ3) is 1.98. The number of rotatable bonds is 2. The fourth-order valence-electron chi connectivity index (χ4n) is 3.13. The molecule has 1 fully saturated rings. The zero-order valence-electron chi connectivity index (χ0n) is 10.1. The van der Waals surface area contributed by atoms with Gasteiger partial charge in [0, 0.05) is 18.9 Å². The second-order valence-electron chi connectivity index (χ2n) is 5.13. The van der Waals surface area contributed by atoms with Crippen LogP contribution in [0.25, 0.3) is 0 Å². The molecule has 3 heterocycles. The summed E-state index contributed by atoms with van der Waals surface area (Å²) in [5.41, 5.74) is 1.19. The van der Waals surface area contributed by atoms with E-state index in [9.17, 15) is 9.90 Å². The van der Waals surface area contributed by atoms with E-state index in [1.54, 1.807) is 11.1 Å². The normalized spacial score (nSPS) is 29.6. The molecule has 1 aromatic heterocycles. The van der Waals surface area contributed by atoms with E-state index in [2.05, 4.69) is 23.2 Å². The van der Waals surface area contributed by atoms with Gasteiger partial charge in [0.1, 0.15) is 0 Å². The number of aromatic nitrogens is 1. The van der Waals surface area contributed by atoms with Crippen molar-refractivity contribution < 1.29 is 9.90 Å². The Morgan fingerprint density at radius 2 is 2.39 bits per heavy atom. The number of nitrogens with zero attached hydrogens (tertiary/aromatic N) is 2. The molecular weight excluding hydrogens is 228 g/mol. The lowest BCUT2D eigenvalue weighted by Gasteiger charge is -2.45. The van der Waals surface area contributed by atoms with Gasteiger partial charge in [-0.15, -0.1) is 0 Å². The minimum atomic E-state index is -0.801. The first-order valence-corrected chi connectivity index (χ1v) is 6.31. The Balaban J connectivity index is 1.78. The van der Waals surface area contributed by atoms with Gasteiger partial charge in [-0.25, -0.2) is 4.79 Å². The summed E-state index contributed by atoms with van der Waals surface area (Å²) in [5.74, 6) is 0.766. The van der Waals surface area contributed by atoms with Gasteiger partial charge in [0.05, 0.1) is 6.04 Å². The molecule has 1 amide bonds. The quantitative estimate of drug-likeness (QED) is 0.811. The maximum absolute atomic E-state index is 11.2. The van der Waals surface area contributed by atoms with Gasteiger partial charge >= 0.3 is 6.09 Å². The number of amides is 1. The second-order valence-corrected chi connectivity index (χ2v) is 5.13. The van der Waals surface area contributed by atoms with Crippen molar-refractivity contribution in [3.8, 4) is 0 Å². The van der Waals surface area contributed by atoms with Gasteiger partial charge < -0.3 is 10.0 Å². The van der Waals surface area contributed by atoms with Crippen LogP contribution in [0.2, 0.25) is 0 Å². The Kier molecular flexibility index (Phi) is 2.78. The van der Waals surface area contributed by atoms with Gasteiger partial charge in [0.25, 0.3) is 0 Å². The van der Waals surface area contributed by atoms with Crippen LogP contribution in [0, 0.1) is 11.8 Å². The van der Waals surface area contributed by atoms with Gasteiger partial charge in [-0.2, -0.15) is 0 Å². The van der Waals surface area contributed by atoms with E-state index >= 15 is 0 Å². The zero-order valence-corrected chi connectivity index (χ0v) is 10.1. The first-order valence-electron chi connectivity index (χ1n) is 6.31. The molecule has 4 nitrogen and oxygen atoms in total. The predicted molar refractivity (Wildman–Crippen MR) is 67.2 cm³/mol. The SMILES string of the molecule is O=C(O)N1CC2C=CC1C(Cc1cccnc1)C2. The van der Waals surface area contributed by atoms with Crippen LogP contribution in [-0.2, 0) is 6.42 Å². The number of hydrogen-bond donors (Lipinski definition) is 1. The summed E-state index contributed by atoms with van der Waals surface area (Å²) < 4.78 is 0. The predicted octanol–water partition coefficient (Wildman–Crippen LogP) is 2.18. The van der Waals surface area contributed by atoms with Crippen LogP contribution in [0.5, 0.6) is 0 Å². The molecule has 4 heteroatoms. The molecule has 3 atom stereocenters. The summed E-state index contributed by atoms with van der Waals surface area (Å²) in [5, 5.41) is 9.22. The van der Waals surface area contributed by atoms with Gasteiger partial charge in [-0.1, -0.05) is 18.2 Å². The van der Waals surface area contributed by atoms with Crippen molar-refractivity contribution >= 4 is 6.09 Å². The monoisotopic (exact) mass is 244 g/mol. The maximum atomic E-state index is 11.2. The van der Waals surface area contributed by atoms with Gasteiger partial charge in [0.15, 0.2) is 0 Å². The Hall–Kier alpha value is -1.84. The average molecular weight is 244 g/mol. The highest BCUT2D eigenvalue weighted by Crippen LogP contribution is 2.36. The molecule has 2 bridgehead atoms. The Morgan fingerprint density at radius 3 is 3.06 bits per heavy atom. The van der Waals surface area contributed by atoms with Crippen LogP contribution >= 0.6 is 0 Å². The molecule has 94 valence electrons. The van der Waals surface area contributed by atoms with E-state index in [1.165, 1.54) is 5.56 Å². The summed E-state index contributed by atoms with van der Waals surface area (Å²) in [7, 11) is 0. The van der Waals surface area contributed by atoms with Crippen molar-refractivity contribution in [3.63, 3.8) is 0 Å². The van der Waals surface area contributed by atoms with E-state index in [0.29, 0.717) is 18.4 Å². The van der Waals surface area contributed by atoms with Crippen molar-refractivity contribution in [2.45, 2.75) is 18.9 Å². The minimum absolute atomic E-state index is 0.0349. The van der Waals surface area contributed by atoms with Gasteiger partial charge in [0.2, 0.25) is 0 Å². The minimum Gasteiger partial charge on any atom is -0.465 e. The number of carboxylic acid groups (broad SMARTS) is 1. The van der Waals surface area contributed by atoms with Crippen molar-refractivity contribution in [1.82, 2.24) is 9.88 Å². The van der Waals surface area contributed by atoms with E-state index in [4.69, 9.17) is 0 Å². The second kappa shape index (κ2) is 4.44. The number of carbonyl (C=O) groups is 1. The lowest BCUT2D eigenvalue weighted by Crippen LogP contribution is -2.53. The van der Waals surface area contributed by atoms with Crippen LogP contribution in [0.3, 0.4) is 0 Å². The Bertz CT molecular complexity index is 472. The van der Waals surface area contributed by atoms with Crippen molar-refractivity contribution in [1.29, 1.82) is 0 Å².